The number of nitrogens with one attached hydrogen (secondary N) is 1. The van der Waals surface area contributed by atoms with Crippen LogP contribution in [0.4, 0.5) is 11.6 Å². The lowest BCUT2D eigenvalue weighted by molar-refractivity contribution is 0.494. The molecule has 0 radical (unpaired) electrons. The van der Waals surface area contributed by atoms with Gasteiger partial charge < -0.3 is 10.6 Å². The number of aromatic nitrogens is 4. The average Bonchev–Trinajstić information content (AvgIpc) is 3.07. The number of piperidine rings is 1. The van der Waals surface area contributed by atoms with Gasteiger partial charge in [0.05, 0.1) is 5.52 Å². The molecule has 0 amide bonds. The number of aromatic amines is 1. The fraction of sp³-hybridized carbons (Fsp3) is 0.353. The quantitative estimate of drug-likeness (QED) is 0.713. The fourth-order valence-corrected chi connectivity index (χ4v) is 3.81. The molecule has 0 unspecified atom stereocenters. The average molecular weight is 340 g/mol. The molecule has 0 spiro atoms. The van der Waals surface area contributed by atoms with Crippen molar-refractivity contribution in [2.75, 3.05) is 30.0 Å². The summed E-state index contributed by atoms with van der Waals surface area (Å²) in [5.74, 6) is 2.10. The van der Waals surface area contributed by atoms with E-state index in [1.807, 2.05) is 6.07 Å². The second-order valence-corrected chi connectivity index (χ2v) is 6.97. The summed E-state index contributed by atoms with van der Waals surface area (Å²) in [7, 11) is 0. The molecule has 124 valence electrons. The number of hydrogen-bond acceptors (Lipinski definition) is 6. The molecule has 0 atom stereocenters. The summed E-state index contributed by atoms with van der Waals surface area (Å²) in [6.07, 6.45) is 5.88. The number of hydrogen-bond donors (Lipinski definition) is 2. The van der Waals surface area contributed by atoms with E-state index < -0.39 is 0 Å². The minimum absolute atomic E-state index is 0.487. The van der Waals surface area contributed by atoms with E-state index in [1.165, 1.54) is 4.90 Å². The van der Waals surface area contributed by atoms with Gasteiger partial charge in [0.25, 0.3) is 0 Å². The predicted octanol–water partition coefficient (Wildman–Crippen LogP) is 3.04. The monoisotopic (exact) mass is 340 g/mol. The number of nitrogens with two attached hydrogens (primary N) is 1. The fourth-order valence-electron chi connectivity index (χ4n) is 3.37. The van der Waals surface area contributed by atoms with Crippen molar-refractivity contribution >= 4 is 34.3 Å². The number of benzene rings is 1. The van der Waals surface area contributed by atoms with Gasteiger partial charge in [-0.15, -0.1) is 11.8 Å². The lowest BCUT2D eigenvalue weighted by atomic mass is 9.93. The molecule has 1 fully saturated rings. The van der Waals surface area contributed by atoms with E-state index in [2.05, 4.69) is 49.5 Å². The summed E-state index contributed by atoms with van der Waals surface area (Å²) in [5, 5.41) is 8.23. The van der Waals surface area contributed by atoms with Gasteiger partial charge in [-0.25, -0.2) is 9.97 Å². The Balaban J connectivity index is 1.58. The first kappa shape index (κ1) is 15.3. The van der Waals surface area contributed by atoms with Crippen molar-refractivity contribution in [1.82, 2.24) is 20.2 Å². The van der Waals surface area contributed by atoms with Crippen LogP contribution in [0.5, 0.6) is 0 Å². The first-order valence-corrected chi connectivity index (χ1v) is 9.31. The second kappa shape index (κ2) is 6.32. The molecule has 0 bridgehead atoms. The Morgan fingerprint density at radius 1 is 1.21 bits per heavy atom. The molecule has 3 aromatic rings. The van der Waals surface area contributed by atoms with Crippen molar-refractivity contribution in [3.8, 4) is 0 Å². The third-order valence-electron chi connectivity index (χ3n) is 4.67. The number of nitrogens with zero attached hydrogens (tertiary/aromatic N) is 4. The summed E-state index contributed by atoms with van der Waals surface area (Å²) >= 11 is 1.74. The van der Waals surface area contributed by atoms with Gasteiger partial charge in [-0.05, 0) is 37.3 Å². The highest BCUT2D eigenvalue weighted by Crippen LogP contribution is 2.33. The lowest BCUT2D eigenvalue weighted by Gasteiger charge is -2.32. The Morgan fingerprint density at radius 2 is 2.04 bits per heavy atom. The standard InChI is InChI=1S/C17H20N6S/c1-24-12-2-3-14-13(8-12)17(20-10-19-14)23-6-4-11(5-7-23)15-9-16(18)22-21-15/h2-3,8-11H,4-7H2,1H3,(H3,18,21,22). The molecule has 1 aliphatic heterocycles. The van der Waals surface area contributed by atoms with Gasteiger partial charge >= 0.3 is 0 Å². The Morgan fingerprint density at radius 3 is 2.75 bits per heavy atom. The molecule has 3 heterocycles. The molecular formula is C17H20N6S. The van der Waals surface area contributed by atoms with E-state index in [1.54, 1.807) is 18.1 Å². The minimum atomic E-state index is 0.487. The van der Waals surface area contributed by atoms with Gasteiger partial charge in [0, 0.05) is 41.0 Å². The second-order valence-electron chi connectivity index (χ2n) is 6.09. The number of thioether (sulfide) groups is 1. The van der Waals surface area contributed by atoms with Crippen molar-refractivity contribution in [1.29, 1.82) is 0 Å². The van der Waals surface area contributed by atoms with Crippen LogP contribution in [0.3, 0.4) is 0 Å². The third-order valence-corrected chi connectivity index (χ3v) is 5.40. The van der Waals surface area contributed by atoms with E-state index in [4.69, 9.17) is 5.73 Å². The molecule has 0 saturated carbocycles. The first-order chi connectivity index (χ1) is 11.7. The van der Waals surface area contributed by atoms with Crippen LogP contribution in [0.25, 0.3) is 10.9 Å². The molecule has 3 N–H and O–H groups in total. The Labute approximate surface area is 144 Å². The molecule has 0 aliphatic carbocycles. The summed E-state index contributed by atoms with van der Waals surface area (Å²) in [6, 6.07) is 8.33. The third kappa shape index (κ3) is 2.80. The highest BCUT2D eigenvalue weighted by molar-refractivity contribution is 7.98. The summed E-state index contributed by atoms with van der Waals surface area (Å²) in [6.45, 7) is 1.94. The van der Waals surface area contributed by atoms with E-state index >= 15 is 0 Å². The first-order valence-electron chi connectivity index (χ1n) is 8.09. The molecule has 7 heteroatoms. The van der Waals surface area contributed by atoms with Crippen molar-refractivity contribution in [2.24, 2.45) is 0 Å². The number of fused-ring (bicyclic) bond motifs is 1. The van der Waals surface area contributed by atoms with Gasteiger partial charge in [-0.3, -0.25) is 5.10 Å². The molecule has 2 aromatic heterocycles. The number of anilines is 2. The van der Waals surface area contributed by atoms with Crippen molar-refractivity contribution < 1.29 is 0 Å². The van der Waals surface area contributed by atoms with Crippen LogP contribution in [0.15, 0.2) is 35.5 Å². The summed E-state index contributed by atoms with van der Waals surface area (Å²) in [5.41, 5.74) is 7.87. The van der Waals surface area contributed by atoms with Crippen LogP contribution >= 0.6 is 11.8 Å². The zero-order chi connectivity index (χ0) is 16.5. The Bertz CT molecular complexity index is 853. The van der Waals surface area contributed by atoms with Crippen LogP contribution in [0.1, 0.15) is 24.5 Å². The number of nitrogen functional groups attached to an aromatic ring is 1. The SMILES string of the molecule is CSc1ccc2ncnc(N3CCC(c4cc(N)n[nH]4)CC3)c2c1. The van der Waals surface area contributed by atoms with Gasteiger partial charge in [-0.2, -0.15) is 5.10 Å². The van der Waals surface area contributed by atoms with Crippen molar-refractivity contribution in [2.45, 2.75) is 23.7 Å². The Kier molecular flexibility index (Phi) is 4.02. The largest absolute Gasteiger partial charge is 0.382 e. The van der Waals surface area contributed by atoms with Crippen LogP contribution in [-0.2, 0) is 0 Å². The van der Waals surface area contributed by atoms with E-state index in [0.29, 0.717) is 11.7 Å². The number of rotatable bonds is 3. The zero-order valence-electron chi connectivity index (χ0n) is 13.6. The minimum Gasteiger partial charge on any atom is -0.382 e. The molecule has 1 aliphatic rings. The zero-order valence-corrected chi connectivity index (χ0v) is 14.4. The molecule has 1 saturated heterocycles. The van der Waals surface area contributed by atoms with Crippen LogP contribution in [0.2, 0.25) is 0 Å². The predicted molar refractivity (Wildman–Crippen MR) is 98.5 cm³/mol. The van der Waals surface area contributed by atoms with Crippen LogP contribution in [0, 0.1) is 0 Å². The number of H-pyrrole nitrogens is 1. The molecular weight excluding hydrogens is 320 g/mol. The normalized spacial score (nSPS) is 16.0. The maximum absolute atomic E-state index is 5.72. The smallest absolute Gasteiger partial charge is 0.145 e. The molecule has 4 rings (SSSR count). The maximum atomic E-state index is 5.72. The van der Waals surface area contributed by atoms with E-state index in [-0.39, 0.29) is 0 Å². The van der Waals surface area contributed by atoms with Crippen LogP contribution in [-0.4, -0.2) is 39.5 Å². The summed E-state index contributed by atoms with van der Waals surface area (Å²) in [4.78, 5) is 12.6. The topological polar surface area (TPSA) is 83.7 Å². The van der Waals surface area contributed by atoms with Gasteiger partial charge in [0.15, 0.2) is 0 Å². The molecule has 24 heavy (non-hydrogen) atoms. The van der Waals surface area contributed by atoms with Gasteiger partial charge in [0.1, 0.15) is 18.0 Å². The van der Waals surface area contributed by atoms with Crippen LogP contribution < -0.4 is 10.6 Å². The highest BCUT2D eigenvalue weighted by atomic mass is 32.2. The van der Waals surface area contributed by atoms with Gasteiger partial charge in [0.2, 0.25) is 0 Å². The maximum Gasteiger partial charge on any atom is 0.145 e. The highest BCUT2D eigenvalue weighted by Gasteiger charge is 2.24. The molecule has 6 nitrogen and oxygen atoms in total. The molecule has 1 aromatic carbocycles. The summed E-state index contributed by atoms with van der Waals surface area (Å²) < 4.78 is 0. The van der Waals surface area contributed by atoms with Crippen molar-refractivity contribution in [3.05, 3.63) is 36.3 Å². The van der Waals surface area contributed by atoms with E-state index in [9.17, 15) is 0 Å². The van der Waals surface area contributed by atoms with E-state index in [0.717, 1.165) is 48.3 Å². The Hall–Kier alpha value is -2.28. The van der Waals surface area contributed by atoms with Gasteiger partial charge in [-0.1, -0.05) is 0 Å². The van der Waals surface area contributed by atoms with Crippen molar-refractivity contribution in [3.63, 3.8) is 0 Å². The lowest BCUT2D eigenvalue weighted by Crippen LogP contribution is -2.33.